The third kappa shape index (κ3) is 7.99. The van der Waals surface area contributed by atoms with E-state index in [0.717, 1.165) is 42.5 Å². The van der Waals surface area contributed by atoms with Crippen LogP contribution in [0.5, 0.6) is 5.75 Å². The Hall–Kier alpha value is -1.75. The maximum Gasteiger partial charge on any atom is 0.120 e. The van der Waals surface area contributed by atoms with E-state index in [1.54, 1.807) is 0 Å². The van der Waals surface area contributed by atoms with Crippen LogP contribution in [0.1, 0.15) is 29.5 Å². The van der Waals surface area contributed by atoms with Crippen molar-refractivity contribution in [2.45, 2.75) is 38.6 Å². The van der Waals surface area contributed by atoms with E-state index in [2.05, 4.69) is 58.7 Å². The lowest BCUT2D eigenvalue weighted by Crippen LogP contribution is -2.41. The van der Waals surface area contributed by atoms with E-state index < -0.39 is 0 Å². The molecule has 1 aliphatic rings. The maximum absolute atomic E-state index is 6.22. The van der Waals surface area contributed by atoms with Gasteiger partial charge in [-0.25, -0.2) is 0 Å². The molecule has 0 spiro atoms. The molecule has 0 saturated carbocycles. The standard InChI is InChI=1S/C26H29ClN2O.2ClH/c27-26-12-5-4-10-23(26)20-30-25-11-6-9-22(17-25)18-28-24-13-15-29(16-14-24)19-21-7-2-1-3-8-21;;/h1-12,17,24,28H,13-16,18-20H2;2*1H. The summed E-state index contributed by atoms with van der Waals surface area (Å²) in [5.41, 5.74) is 3.65. The molecule has 6 heteroatoms. The van der Waals surface area contributed by atoms with Gasteiger partial charge in [-0.1, -0.05) is 72.3 Å². The minimum atomic E-state index is 0. The van der Waals surface area contributed by atoms with Crippen molar-refractivity contribution >= 4 is 36.4 Å². The lowest BCUT2D eigenvalue weighted by atomic mass is 10.0. The minimum Gasteiger partial charge on any atom is -0.489 e. The molecule has 1 aliphatic heterocycles. The Morgan fingerprint density at radius 2 is 1.53 bits per heavy atom. The molecule has 0 aromatic heterocycles. The molecule has 1 saturated heterocycles. The number of piperidine rings is 1. The summed E-state index contributed by atoms with van der Waals surface area (Å²) in [6.07, 6.45) is 2.38. The van der Waals surface area contributed by atoms with Crippen LogP contribution in [0.4, 0.5) is 0 Å². The molecule has 32 heavy (non-hydrogen) atoms. The van der Waals surface area contributed by atoms with Crippen molar-refractivity contribution in [1.82, 2.24) is 10.2 Å². The third-order valence-corrected chi connectivity index (χ3v) is 6.05. The maximum atomic E-state index is 6.22. The van der Waals surface area contributed by atoms with Crippen molar-refractivity contribution in [3.05, 3.63) is 101 Å². The van der Waals surface area contributed by atoms with Crippen molar-refractivity contribution in [2.24, 2.45) is 0 Å². The molecule has 1 fully saturated rings. The first-order valence-electron chi connectivity index (χ1n) is 10.7. The van der Waals surface area contributed by atoms with Crippen LogP contribution in [0, 0.1) is 0 Å². The smallest absolute Gasteiger partial charge is 0.120 e. The Balaban J connectivity index is 0.00000181. The van der Waals surface area contributed by atoms with E-state index in [-0.39, 0.29) is 24.8 Å². The Labute approximate surface area is 208 Å². The van der Waals surface area contributed by atoms with Crippen molar-refractivity contribution in [1.29, 1.82) is 0 Å². The molecule has 0 atom stereocenters. The predicted molar refractivity (Wildman–Crippen MR) is 138 cm³/mol. The SMILES string of the molecule is Cl.Cl.Clc1ccccc1COc1cccc(CNC2CCN(Cc3ccccc3)CC2)c1. The van der Waals surface area contributed by atoms with Crippen LogP contribution in [0.2, 0.25) is 5.02 Å². The molecule has 0 unspecified atom stereocenters. The lowest BCUT2D eigenvalue weighted by molar-refractivity contribution is 0.190. The van der Waals surface area contributed by atoms with Gasteiger partial charge < -0.3 is 10.1 Å². The molecule has 0 aliphatic carbocycles. The fourth-order valence-electron chi connectivity index (χ4n) is 3.92. The average molecular weight is 494 g/mol. The second-order valence-electron chi connectivity index (χ2n) is 7.94. The summed E-state index contributed by atoms with van der Waals surface area (Å²) in [6.45, 7) is 4.70. The third-order valence-electron chi connectivity index (χ3n) is 5.68. The highest BCUT2D eigenvalue weighted by Crippen LogP contribution is 2.20. The summed E-state index contributed by atoms with van der Waals surface area (Å²) in [5, 5.41) is 4.47. The monoisotopic (exact) mass is 492 g/mol. The Kier molecular flexibility index (Phi) is 11.4. The van der Waals surface area contributed by atoms with Gasteiger partial charge in [-0.3, -0.25) is 4.90 Å². The van der Waals surface area contributed by atoms with Gasteiger partial charge in [0.1, 0.15) is 12.4 Å². The topological polar surface area (TPSA) is 24.5 Å². The van der Waals surface area contributed by atoms with Crippen LogP contribution in [0.15, 0.2) is 78.9 Å². The fourth-order valence-corrected chi connectivity index (χ4v) is 4.11. The van der Waals surface area contributed by atoms with Crippen LogP contribution in [0.25, 0.3) is 0 Å². The Bertz CT molecular complexity index is 931. The van der Waals surface area contributed by atoms with Gasteiger partial charge in [0, 0.05) is 29.7 Å². The first-order valence-corrected chi connectivity index (χ1v) is 11.1. The van der Waals surface area contributed by atoms with Crippen molar-refractivity contribution in [3.8, 4) is 5.75 Å². The number of likely N-dealkylation sites (tertiary alicyclic amines) is 1. The fraction of sp³-hybridized carbons (Fsp3) is 0.308. The van der Waals surface area contributed by atoms with Gasteiger partial charge in [0.25, 0.3) is 0 Å². The van der Waals surface area contributed by atoms with E-state index in [4.69, 9.17) is 16.3 Å². The van der Waals surface area contributed by atoms with Crippen LogP contribution < -0.4 is 10.1 Å². The number of benzene rings is 3. The molecule has 1 N–H and O–H groups in total. The number of ether oxygens (including phenoxy) is 1. The number of hydrogen-bond donors (Lipinski definition) is 1. The minimum absolute atomic E-state index is 0. The van der Waals surface area contributed by atoms with Gasteiger partial charge in [0.2, 0.25) is 0 Å². The van der Waals surface area contributed by atoms with E-state index in [9.17, 15) is 0 Å². The van der Waals surface area contributed by atoms with E-state index in [1.807, 2.05) is 30.3 Å². The van der Waals surface area contributed by atoms with E-state index in [1.165, 1.54) is 24.0 Å². The van der Waals surface area contributed by atoms with E-state index in [0.29, 0.717) is 12.6 Å². The molecule has 0 amide bonds. The number of nitrogens with zero attached hydrogens (tertiary/aromatic N) is 1. The summed E-state index contributed by atoms with van der Waals surface area (Å²) in [5.74, 6) is 0.881. The van der Waals surface area contributed by atoms with Gasteiger partial charge >= 0.3 is 0 Å². The number of rotatable bonds is 8. The largest absolute Gasteiger partial charge is 0.489 e. The zero-order chi connectivity index (χ0) is 20.6. The second kappa shape index (κ2) is 13.7. The molecule has 3 aromatic rings. The number of halogens is 3. The predicted octanol–water partition coefficient (Wildman–Crippen LogP) is 6.52. The molecule has 3 aromatic carbocycles. The molecule has 4 rings (SSSR count). The highest BCUT2D eigenvalue weighted by Gasteiger charge is 2.18. The van der Waals surface area contributed by atoms with Gasteiger partial charge in [-0.15, -0.1) is 24.8 Å². The molecule has 172 valence electrons. The molecule has 3 nitrogen and oxygen atoms in total. The number of nitrogens with one attached hydrogen (secondary N) is 1. The molecule has 0 radical (unpaired) electrons. The number of hydrogen-bond acceptors (Lipinski definition) is 3. The second-order valence-corrected chi connectivity index (χ2v) is 8.35. The first kappa shape index (κ1) is 26.5. The van der Waals surface area contributed by atoms with Crippen molar-refractivity contribution < 1.29 is 4.74 Å². The zero-order valence-corrected chi connectivity index (χ0v) is 20.5. The molecular formula is C26H31Cl3N2O. The Morgan fingerprint density at radius 3 is 2.28 bits per heavy atom. The quantitative estimate of drug-likeness (QED) is 0.387. The summed E-state index contributed by atoms with van der Waals surface area (Å²) >= 11 is 6.22. The summed E-state index contributed by atoms with van der Waals surface area (Å²) in [4.78, 5) is 2.55. The van der Waals surface area contributed by atoms with Gasteiger partial charge in [-0.05, 0) is 55.3 Å². The molecule has 0 bridgehead atoms. The summed E-state index contributed by atoms with van der Waals surface area (Å²) in [7, 11) is 0. The summed E-state index contributed by atoms with van der Waals surface area (Å²) < 4.78 is 5.96. The van der Waals surface area contributed by atoms with Gasteiger partial charge in [0.05, 0.1) is 0 Å². The van der Waals surface area contributed by atoms with Gasteiger partial charge in [0.15, 0.2) is 0 Å². The molecular weight excluding hydrogens is 463 g/mol. The first-order chi connectivity index (χ1) is 14.8. The van der Waals surface area contributed by atoms with Crippen LogP contribution in [-0.2, 0) is 19.7 Å². The zero-order valence-electron chi connectivity index (χ0n) is 18.1. The van der Waals surface area contributed by atoms with Crippen LogP contribution in [-0.4, -0.2) is 24.0 Å². The van der Waals surface area contributed by atoms with E-state index >= 15 is 0 Å². The van der Waals surface area contributed by atoms with Crippen LogP contribution in [0.3, 0.4) is 0 Å². The molecule has 1 heterocycles. The van der Waals surface area contributed by atoms with Gasteiger partial charge in [-0.2, -0.15) is 0 Å². The lowest BCUT2D eigenvalue weighted by Gasteiger charge is -2.32. The highest BCUT2D eigenvalue weighted by atomic mass is 35.5. The van der Waals surface area contributed by atoms with Crippen LogP contribution >= 0.6 is 36.4 Å². The van der Waals surface area contributed by atoms with Crippen molar-refractivity contribution in [3.63, 3.8) is 0 Å². The summed E-state index contributed by atoms with van der Waals surface area (Å²) in [6, 6.07) is 27.5. The van der Waals surface area contributed by atoms with Crippen molar-refractivity contribution in [2.75, 3.05) is 13.1 Å². The average Bonchev–Trinajstić information content (AvgIpc) is 2.79. The highest BCUT2D eigenvalue weighted by molar-refractivity contribution is 6.31. The Morgan fingerprint density at radius 1 is 0.844 bits per heavy atom. The normalized spacial score (nSPS) is 14.3.